The lowest BCUT2D eigenvalue weighted by molar-refractivity contribution is 0.110. The van der Waals surface area contributed by atoms with Crippen molar-refractivity contribution >= 4 is 18.4 Å². The molecule has 0 bridgehead atoms. The quantitative estimate of drug-likeness (QED) is 0.708. The van der Waals surface area contributed by atoms with Gasteiger partial charge in [0.25, 0.3) is 0 Å². The molecule has 0 amide bonds. The van der Waals surface area contributed by atoms with Gasteiger partial charge in [-0.05, 0) is 11.6 Å². The lowest BCUT2D eigenvalue weighted by atomic mass is 10.2. The van der Waals surface area contributed by atoms with Gasteiger partial charge >= 0.3 is 0 Å². The maximum atomic E-state index is 10.4. The van der Waals surface area contributed by atoms with Crippen molar-refractivity contribution in [1.82, 2.24) is 0 Å². The Hall–Kier alpha value is -2.09. The van der Waals surface area contributed by atoms with Crippen LogP contribution < -0.4 is 0 Å². The van der Waals surface area contributed by atoms with Gasteiger partial charge in [0.15, 0.2) is 12.0 Å². The highest BCUT2D eigenvalue weighted by molar-refractivity contribution is 5.75. The summed E-state index contributed by atoms with van der Waals surface area (Å²) in [5.74, 6) is 0.350. The summed E-state index contributed by atoms with van der Waals surface area (Å²) in [7, 11) is 0. The molecular formula is C13H10O2. The van der Waals surface area contributed by atoms with Gasteiger partial charge in [0, 0.05) is 5.56 Å². The molecule has 0 radical (unpaired) electrons. The van der Waals surface area contributed by atoms with Crippen molar-refractivity contribution in [2.24, 2.45) is 0 Å². The zero-order valence-electron chi connectivity index (χ0n) is 8.09. The van der Waals surface area contributed by atoms with E-state index in [1.165, 1.54) is 0 Å². The molecule has 1 aromatic heterocycles. The van der Waals surface area contributed by atoms with Crippen LogP contribution in [0.15, 0.2) is 47.1 Å². The maximum absolute atomic E-state index is 10.4. The average Bonchev–Trinajstić information content (AvgIpc) is 2.76. The van der Waals surface area contributed by atoms with Crippen molar-refractivity contribution in [3.05, 3.63) is 59.5 Å². The molecule has 2 heteroatoms. The third-order valence-electron chi connectivity index (χ3n) is 2.02. The summed E-state index contributed by atoms with van der Waals surface area (Å²) in [6.45, 7) is 0. The highest BCUT2D eigenvalue weighted by atomic mass is 16.3. The summed E-state index contributed by atoms with van der Waals surface area (Å²) in [5.41, 5.74) is 2.01. The molecule has 0 saturated heterocycles. The minimum atomic E-state index is 0.350. The van der Waals surface area contributed by atoms with E-state index in [-0.39, 0.29) is 0 Å². The highest BCUT2D eigenvalue weighted by Gasteiger charge is 1.95. The molecule has 2 aromatic rings. The number of furan rings is 1. The van der Waals surface area contributed by atoms with Gasteiger partial charge in [0.1, 0.15) is 0 Å². The molecule has 0 aliphatic carbocycles. The Morgan fingerprint density at radius 3 is 2.40 bits per heavy atom. The average molecular weight is 198 g/mol. The molecule has 0 saturated carbocycles. The fourth-order valence-electron chi connectivity index (χ4n) is 1.27. The molecule has 15 heavy (non-hydrogen) atoms. The first kappa shape index (κ1) is 9.46. The van der Waals surface area contributed by atoms with Crippen LogP contribution in [-0.2, 0) is 0 Å². The molecule has 0 aliphatic rings. The lowest BCUT2D eigenvalue weighted by Gasteiger charge is -1.89. The zero-order valence-corrected chi connectivity index (χ0v) is 8.09. The van der Waals surface area contributed by atoms with Gasteiger partial charge in [0.2, 0.25) is 0 Å². The Bertz CT molecular complexity index is 466. The van der Waals surface area contributed by atoms with E-state index in [1.807, 2.05) is 42.5 Å². The molecule has 0 atom stereocenters. The van der Waals surface area contributed by atoms with Crippen LogP contribution in [0.1, 0.15) is 21.7 Å². The molecule has 0 aliphatic heterocycles. The van der Waals surface area contributed by atoms with Crippen molar-refractivity contribution in [3.8, 4) is 0 Å². The Balaban J connectivity index is 2.15. The van der Waals surface area contributed by atoms with Crippen LogP contribution in [0, 0.1) is 0 Å². The molecule has 0 N–H and O–H groups in total. The van der Waals surface area contributed by atoms with Gasteiger partial charge in [-0.3, -0.25) is 4.79 Å². The minimum absolute atomic E-state index is 0.350. The summed E-state index contributed by atoms with van der Waals surface area (Å²) in [5, 5.41) is 0. The molecule has 1 heterocycles. The monoisotopic (exact) mass is 198 g/mol. The molecule has 0 unspecified atom stereocenters. The predicted molar refractivity (Wildman–Crippen MR) is 59.5 cm³/mol. The molecule has 0 spiro atoms. The van der Waals surface area contributed by atoms with Crippen molar-refractivity contribution in [1.29, 1.82) is 0 Å². The van der Waals surface area contributed by atoms with Gasteiger partial charge in [-0.25, -0.2) is 0 Å². The Morgan fingerprint density at radius 1 is 1.00 bits per heavy atom. The van der Waals surface area contributed by atoms with E-state index >= 15 is 0 Å². The lowest BCUT2D eigenvalue weighted by Crippen LogP contribution is -1.69. The summed E-state index contributed by atoms with van der Waals surface area (Å²) in [4.78, 5) is 10.4. The Morgan fingerprint density at radius 2 is 1.73 bits per heavy atom. The topological polar surface area (TPSA) is 30.2 Å². The number of aldehydes is 1. The van der Waals surface area contributed by atoms with Crippen LogP contribution in [0.3, 0.4) is 0 Å². The van der Waals surface area contributed by atoms with Gasteiger partial charge in [-0.2, -0.15) is 0 Å². The molecule has 0 fully saturated rings. The third-order valence-corrected chi connectivity index (χ3v) is 2.02. The fraction of sp³-hybridized carbons (Fsp3) is 0. The summed E-state index contributed by atoms with van der Waals surface area (Å²) in [6.07, 6.45) is 6.13. The van der Waals surface area contributed by atoms with Crippen molar-refractivity contribution in [2.75, 3.05) is 0 Å². The normalized spacial score (nSPS) is 10.7. The van der Waals surface area contributed by atoms with Gasteiger partial charge in [-0.1, -0.05) is 42.5 Å². The zero-order chi connectivity index (χ0) is 10.5. The largest absolute Gasteiger partial charge is 0.461 e. The van der Waals surface area contributed by atoms with E-state index in [1.54, 1.807) is 12.3 Å². The first-order valence-corrected chi connectivity index (χ1v) is 4.65. The molecule has 2 rings (SSSR count). The van der Waals surface area contributed by atoms with E-state index in [0.717, 1.165) is 11.1 Å². The second kappa shape index (κ2) is 4.42. The van der Waals surface area contributed by atoms with Crippen LogP contribution in [0.25, 0.3) is 12.2 Å². The standard InChI is InChI=1S/C13H10O2/c14-9-13-8-12(10-15-13)7-6-11-4-2-1-3-5-11/h1-10H. The van der Waals surface area contributed by atoms with E-state index < -0.39 is 0 Å². The number of hydrogen-bond donors (Lipinski definition) is 0. The smallest absolute Gasteiger partial charge is 0.185 e. The van der Waals surface area contributed by atoms with Crippen LogP contribution >= 0.6 is 0 Å². The number of benzene rings is 1. The Kier molecular flexibility index (Phi) is 2.79. The van der Waals surface area contributed by atoms with Crippen LogP contribution in [-0.4, -0.2) is 6.29 Å². The van der Waals surface area contributed by atoms with Gasteiger partial charge < -0.3 is 4.42 Å². The SMILES string of the molecule is O=Cc1cc(C=Cc2ccccc2)co1. The van der Waals surface area contributed by atoms with E-state index in [4.69, 9.17) is 4.42 Å². The maximum Gasteiger partial charge on any atom is 0.185 e. The predicted octanol–water partition coefficient (Wildman–Crippen LogP) is 3.26. The van der Waals surface area contributed by atoms with Crippen LogP contribution in [0.2, 0.25) is 0 Å². The molecule has 74 valence electrons. The molecular weight excluding hydrogens is 188 g/mol. The number of carbonyl (C=O) groups is 1. The Labute approximate surface area is 87.8 Å². The molecule has 1 aromatic carbocycles. The number of rotatable bonds is 3. The third kappa shape index (κ3) is 2.44. The fourth-order valence-corrected chi connectivity index (χ4v) is 1.27. The summed E-state index contributed by atoms with van der Waals surface area (Å²) in [6, 6.07) is 11.7. The van der Waals surface area contributed by atoms with E-state index in [0.29, 0.717) is 12.0 Å². The number of hydrogen-bond acceptors (Lipinski definition) is 2. The second-order valence-electron chi connectivity index (χ2n) is 3.14. The van der Waals surface area contributed by atoms with E-state index in [2.05, 4.69) is 0 Å². The first-order chi connectivity index (χ1) is 7.38. The van der Waals surface area contributed by atoms with Gasteiger partial charge in [-0.15, -0.1) is 0 Å². The second-order valence-corrected chi connectivity index (χ2v) is 3.14. The van der Waals surface area contributed by atoms with Crippen molar-refractivity contribution in [3.63, 3.8) is 0 Å². The molecule has 2 nitrogen and oxygen atoms in total. The van der Waals surface area contributed by atoms with Crippen LogP contribution in [0.4, 0.5) is 0 Å². The number of carbonyl (C=O) groups excluding carboxylic acids is 1. The summed E-state index contributed by atoms with van der Waals surface area (Å²) < 4.78 is 4.98. The first-order valence-electron chi connectivity index (χ1n) is 4.65. The van der Waals surface area contributed by atoms with E-state index in [9.17, 15) is 4.79 Å². The van der Waals surface area contributed by atoms with Crippen LogP contribution in [0.5, 0.6) is 0 Å². The van der Waals surface area contributed by atoms with Crippen molar-refractivity contribution < 1.29 is 9.21 Å². The minimum Gasteiger partial charge on any atom is -0.461 e. The summed E-state index contributed by atoms with van der Waals surface area (Å²) >= 11 is 0. The highest BCUT2D eigenvalue weighted by Crippen LogP contribution is 2.10. The van der Waals surface area contributed by atoms with Crippen molar-refractivity contribution in [2.45, 2.75) is 0 Å². The van der Waals surface area contributed by atoms with Gasteiger partial charge in [0.05, 0.1) is 6.26 Å².